The Balaban J connectivity index is 0.00000210. The van der Waals surface area contributed by atoms with Crippen molar-refractivity contribution in [1.29, 1.82) is 0 Å². The first-order valence-corrected chi connectivity index (χ1v) is 9.33. The topological polar surface area (TPSA) is 87.1 Å². The molecule has 144 valence electrons. The highest BCUT2D eigenvalue weighted by Gasteiger charge is 2.36. The van der Waals surface area contributed by atoms with E-state index in [0.717, 1.165) is 41.3 Å². The van der Waals surface area contributed by atoms with Crippen molar-refractivity contribution in [2.75, 3.05) is 0 Å². The van der Waals surface area contributed by atoms with Crippen LogP contribution in [0.1, 0.15) is 42.2 Å². The van der Waals surface area contributed by atoms with Gasteiger partial charge in [0.25, 0.3) is 5.89 Å². The van der Waals surface area contributed by atoms with Crippen LogP contribution in [0.3, 0.4) is 0 Å². The molecule has 0 unspecified atom stereocenters. The minimum atomic E-state index is -0.477. The molecule has 2 N–H and O–H groups in total. The van der Waals surface area contributed by atoms with Gasteiger partial charge in [0.1, 0.15) is 28.1 Å². The summed E-state index contributed by atoms with van der Waals surface area (Å²) in [5.41, 5.74) is 6.72. The van der Waals surface area contributed by atoms with Crippen LogP contribution in [0.5, 0.6) is 5.75 Å². The molecule has 0 saturated heterocycles. The van der Waals surface area contributed by atoms with Gasteiger partial charge in [-0.05, 0) is 44.0 Å². The first kappa shape index (κ1) is 19.7. The Morgan fingerprint density at radius 3 is 2.63 bits per heavy atom. The van der Waals surface area contributed by atoms with Crippen LogP contribution in [-0.4, -0.2) is 15.1 Å². The molecule has 1 saturated carbocycles. The van der Waals surface area contributed by atoms with E-state index in [1.807, 2.05) is 6.92 Å². The van der Waals surface area contributed by atoms with E-state index in [1.165, 1.54) is 23.5 Å². The fourth-order valence-electron chi connectivity index (χ4n) is 3.14. The molecular weight excluding hydrogens is 391 g/mol. The summed E-state index contributed by atoms with van der Waals surface area (Å²) in [6.07, 6.45) is 3.93. The average molecular weight is 411 g/mol. The van der Waals surface area contributed by atoms with Crippen molar-refractivity contribution < 1.29 is 13.7 Å². The van der Waals surface area contributed by atoms with Crippen molar-refractivity contribution >= 4 is 23.7 Å². The molecule has 1 aliphatic carbocycles. The largest absolute Gasteiger partial charge is 0.486 e. The van der Waals surface area contributed by atoms with Crippen molar-refractivity contribution in [3.05, 3.63) is 46.6 Å². The molecule has 3 aromatic rings. The highest BCUT2D eigenvalue weighted by atomic mass is 35.5. The first-order chi connectivity index (χ1) is 12.5. The van der Waals surface area contributed by atoms with Crippen LogP contribution in [0.15, 0.2) is 28.8 Å². The molecular formula is C18H20ClFN4O2S. The predicted molar refractivity (Wildman–Crippen MR) is 102 cm³/mol. The molecule has 0 aliphatic heterocycles. The Kier molecular flexibility index (Phi) is 5.78. The molecule has 1 fully saturated rings. The smallest absolute Gasteiger partial charge is 0.269 e. The van der Waals surface area contributed by atoms with Crippen LogP contribution in [0.25, 0.3) is 10.8 Å². The van der Waals surface area contributed by atoms with Crippen LogP contribution in [0.4, 0.5) is 4.39 Å². The molecule has 27 heavy (non-hydrogen) atoms. The second-order valence-electron chi connectivity index (χ2n) is 6.55. The van der Waals surface area contributed by atoms with Crippen molar-refractivity contribution in [1.82, 2.24) is 15.1 Å². The Morgan fingerprint density at radius 1 is 1.22 bits per heavy atom. The third kappa shape index (κ3) is 4.12. The maximum atomic E-state index is 12.9. The molecule has 2 aromatic heterocycles. The maximum Gasteiger partial charge on any atom is 0.269 e. The van der Waals surface area contributed by atoms with Gasteiger partial charge in [0.2, 0.25) is 0 Å². The minimum absolute atomic E-state index is 0. The van der Waals surface area contributed by atoms with Gasteiger partial charge < -0.3 is 15.0 Å². The quantitative estimate of drug-likeness (QED) is 0.672. The van der Waals surface area contributed by atoms with Crippen molar-refractivity contribution in [3.63, 3.8) is 0 Å². The SMILES string of the molecule is Cc1nc(COc2ccc(F)cc2)sc1-c1nc(C2(N)CCCC2)no1.Cl. The van der Waals surface area contributed by atoms with E-state index in [0.29, 0.717) is 24.1 Å². The fourth-order valence-corrected chi connectivity index (χ4v) is 4.04. The zero-order valence-corrected chi connectivity index (χ0v) is 16.4. The predicted octanol–water partition coefficient (Wildman–Crippen LogP) is 4.37. The van der Waals surface area contributed by atoms with Gasteiger partial charge in [-0.15, -0.1) is 23.7 Å². The number of rotatable bonds is 5. The highest BCUT2D eigenvalue weighted by Crippen LogP contribution is 2.36. The maximum absolute atomic E-state index is 12.9. The summed E-state index contributed by atoms with van der Waals surface area (Å²) in [5.74, 6) is 1.31. The zero-order chi connectivity index (χ0) is 18.1. The van der Waals surface area contributed by atoms with Gasteiger partial charge in [0.15, 0.2) is 5.82 Å². The number of nitrogens with zero attached hydrogens (tertiary/aromatic N) is 3. The van der Waals surface area contributed by atoms with Crippen LogP contribution in [-0.2, 0) is 12.1 Å². The fraction of sp³-hybridized carbons (Fsp3) is 0.389. The van der Waals surface area contributed by atoms with E-state index in [2.05, 4.69) is 15.1 Å². The van der Waals surface area contributed by atoms with Gasteiger partial charge in [-0.25, -0.2) is 9.37 Å². The van der Waals surface area contributed by atoms with E-state index >= 15 is 0 Å². The zero-order valence-electron chi connectivity index (χ0n) is 14.8. The van der Waals surface area contributed by atoms with Gasteiger partial charge in [0, 0.05) is 0 Å². The molecule has 0 bridgehead atoms. The summed E-state index contributed by atoms with van der Waals surface area (Å²) in [6, 6.07) is 5.89. The number of hydrogen-bond donors (Lipinski definition) is 1. The number of benzene rings is 1. The summed E-state index contributed by atoms with van der Waals surface area (Å²) in [4.78, 5) is 9.85. The Labute approximate surface area is 166 Å². The van der Waals surface area contributed by atoms with E-state index in [1.54, 1.807) is 12.1 Å². The lowest BCUT2D eigenvalue weighted by molar-refractivity contribution is 0.305. The van der Waals surface area contributed by atoms with Gasteiger partial charge >= 0.3 is 0 Å². The first-order valence-electron chi connectivity index (χ1n) is 8.52. The third-order valence-electron chi connectivity index (χ3n) is 4.58. The van der Waals surface area contributed by atoms with Crippen LogP contribution >= 0.6 is 23.7 Å². The van der Waals surface area contributed by atoms with Gasteiger partial charge in [0.05, 0.1) is 11.2 Å². The second-order valence-corrected chi connectivity index (χ2v) is 7.63. The lowest BCUT2D eigenvalue weighted by Gasteiger charge is -2.17. The van der Waals surface area contributed by atoms with E-state index in [4.69, 9.17) is 15.0 Å². The number of hydrogen-bond acceptors (Lipinski definition) is 7. The molecule has 9 heteroatoms. The second kappa shape index (κ2) is 7.92. The Morgan fingerprint density at radius 2 is 1.93 bits per heavy atom. The molecule has 6 nitrogen and oxygen atoms in total. The van der Waals surface area contributed by atoms with Crippen molar-refractivity contribution in [2.24, 2.45) is 5.73 Å². The standard InChI is InChI=1S/C18H19FN4O2S.ClH/c1-11-15(16-22-17(23-25-16)18(20)8-2-3-9-18)26-14(21-11)10-24-13-6-4-12(19)5-7-13;/h4-7H,2-3,8-10,20H2,1H3;1H. The summed E-state index contributed by atoms with van der Waals surface area (Å²) in [5, 5.41) is 4.88. The summed E-state index contributed by atoms with van der Waals surface area (Å²) in [7, 11) is 0. The summed E-state index contributed by atoms with van der Waals surface area (Å²) >= 11 is 1.44. The summed E-state index contributed by atoms with van der Waals surface area (Å²) < 4.78 is 24.0. The average Bonchev–Trinajstić information content (AvgIpc) is 3.34. The Hall–Kier alpha value is -2.03. The molecule has 4 rings (SSSR count). The minimum Gasteiger partial charge on any atom is -0.486 e. The molecule has 0 atom stereocenters. The van der Waals surface area contributed by atoms with E-state index < -0.39 is 5.54 Å². The van der Waals surface area contributed by atoms with Crippen LogP contribution in [0, 0.1) is 12.7 Å². The van der Waals surface area contributed by atoms with E-state index in [-0.39, 0.29) is 18.2 Å². The lowest BCUT2D eigenvalue weighted by atomic mass is 9.99. The molecule has 1 aliphatic rings. The van der Waals surface area contributed by atoms with Crippen molar-refractivity contribution in [3.8, 4) is 16.5 Å². The molecule has 1 aromatic carbocycles. The highest BCUT2D eigenvalue weighted by molar-refractivity contribution is 7.15. The number of ether oxygens (including phenoxy) is 1. The number of aromatic nitrogens is 3. The normalized spacial score (nSPS) is 15.5. The number of nitrogens with two attached hydrogens (primary N) is 1. The lowest BCUT2D eigenvalue weighted by Crippen LogP contribution is -2.34. The van der Waals surface area contributed by atoms with Gasteiger partial charge in [-0.3, -0.25) is 0 Å². The van der Waals surface area contributed by atoms with E-state index in [9.17, 15) is 4.39 Å². The molecule has 0 spiro atoms. The number of thiazole rings is 1. The third-order valence-corrected chi connectivity index (χ3v) is 5.70. The van der Waals surface area contributed by atoms with Crippen LogP contribution < -0.4 is 10.5 Å². The summed E-state index contributed by atoms with van der Waals surface area (Å²) in [6.45, 7) is 2.18. The molecule has 0 amide bonds. The van der Waals surface area contributed by atoms with Gasteiger partial charge in [-0.1, -0.05) is 18.0 Å². The number of aryl methyl sites for hydroxylation is 1. The Bertz CT molecular complexity index is 906. The van der Waals surface area contributed by atoms with Gasteiger partial charge in [-0.2, -0.15) is 4.98 Å². The number of halogens is 2. The molecule has 0 radical (unpaired) electrons. The van der Waals surface area contributed by atoms with Crippen LogP contribution in [0.2, 0.25) is 0 Å². The monoisotopic (exact) mass is 410 g/mol. The molecule has 2 heterocycles. The van der Waals surface area contributed by atoms with Crippen molar-refractivity contribution in [2.45, 2.75) is 44.8 Å².